The summed E-state index contributed by atoms with van der Waals surface area (Å²) in [4.78, 5) is 43.3. The molecule has 1 heterocycles. The zero-order chi connectivity index (χ0) is 36.0. The zero-order valence-electron chi connectivity index (χ0n) is 27.8. The van der Waals surface area contributed by atoms with Gasteiger partial charge in [0.25, 0.3) is 0 Å². The number of nitrogens with zero attached hydrogens (tertiary/aromatic N) is 2. The third-order valence-electron chi connectivity index (χ3n) is 8.43. The molecular weight excluding hydrogens is 639 g/mol. The largest absolute Gasteiger partial charge is 0.416 e. The van der Waals surface area contributed by atoms with Gasteiger partial charge in [-0.1, -0.05) is 30.3 Å². The summed E-state index contributed by atoms with van der Waals surface area (Å²) in [7, 11) is 2.08. The number of carbonyl (C=O) groups is 3. The van der Waals surface area contributed by atoms with Crippen LogP contribution in [0.15, 0.2) is 60.8 Å². The van der Waals surface area contributed by atoms with Crippen molar-refractivity contribution in [2.75, 3.05) is 51.6 Å². The van der Waals surface area contributed by atoms with Gasteiger partial charge in [-0.2, -0.15) is 13.2 Å². The number of halogens is 3. The van der Waals surface area contributed by atoms with Gasteiger partial charge in [-0.25, -0.2) is 0 Å². The van der Waals surface area contributed by atoms with Gasteiger partial charge in [-0.05, 0) is 55.5 Å². The fourth-order valence-corrected chi connectivity index (χ4v) is 5.50. The van der Waals surface area contributed by atoms with E-state index in [0.717, 1.165) is 53.6 Å². The van der Waals surface area contributed by atoms with Crippen molar-refractivity contribution < 1.29 is 32.0 Å². The maximum absolute atomic E-state index is 13.4. The average molecular weight is 689 g/mol. The van der Waals surface area contributed by atoms with E-state index in [4.69, 9.17) is 22.9 Å². The summed E-state index contributed by atoms with van der Waals surface area (Å²) in [6.45, 7) is 3.70. The minimum absolute atomic E-state index is 0.0894. The van der Waals surface area contributed by atoms with Gasteiger partial charge >= 0.3 is 6.18 Å². The van der Waals surface area contributed by atoms with E-state index in [2.05, 4.69) is 28.0 Å². The molecular formula is C34H49F3N9O3+. The molecule has 0 saturated heterocycles. The van der Waals surface area contributed by atoms with E-state index in [1.807, 2.05) is 24.3 Å². The molecule has 268 valence electrons. The van der Waals surface area contributed by atoms with Crippen molar-refractivity contribution in [3.63, 3.8) is 0 Å². The topological polar surface area (TPSA) is 204 Å². The van der Waals surface area contributed by atoms with Gasteiger partial charge in [-0.15, -0.1) is 0 Å². The number of nitrogens with two attached hydrogens (primary N) is 4. The molecule has 3 amide bonds. The van der Waals surface area contributed by atoms with Crippen LogP contribution in [-0.4, -0.2) is 91.6 Å². The Balaban J connectivity index is 1.55. The van der Waals surface area contributed by atoms with Gasteiger partial charge in [0.2, 0.25) is 17.7 Å². The van der Waals surface area contributed by atoms with Gasteiger partial charge in [0.15, 0.2) is 0 Å². The van der Waals surface area contributed by atoms with E-state index >= 15 is 0 Å². The molecule has 0 spiro atoms. The number of para-hydroxylation sites is 1. The first-order valence-corrected chi connectivity index (χ1v) is 16.4. The van der Waals surface area contributed by atoms with Crippen molar-refractivity contribution in [1.29, 1.82) is 0 Å². The molecule has 0 unspecified atom stereocenters. The molecule has 0 saturated carbocycles. The van der Waals surface area contributed by atoms with Crippen LogP contribution in [0.2, 0.25) is 0 Å². The third kappa shape index (κ3) is 12.7. The molecule has 3 rings (SSSR count). The number of aromatic nitrogens is 1. The number of pyridine rings is 1. The lowest BCUT2D eigenvalue weighted by molar-refractivity contribution is -0.907. The lowest BCUT2D eigenvalue weighted by Gasteiger charge is -2.34. The van der Waals surface area contributed by atoms with Gasteiger partial charge in [0.1, 0.15) is 6.04 Å². The first-order valence-electron chi connectivity index (χ1n) is 16.4. The highest BCUT2D eigenvalue weighted by Gasteiger charge is 2.31. The predicted octanol–water partition coefficient (Wildman–Crippen LogP) is 1.61. The van der Waals surface area contributed by atoms with Crippen molar-refractivity contribution in [3.8, 4) is 0 Å². The number of rotatable bonds is 19. The summed E-state index contributed by atoms with van der Waals surface area (Å²) in [5, 5.41) is 8.94. The Kier molecular flexibility index (Phi) is 14.9. The number of hydrogen-bond acceptors (Lipinski definition) is 8. The van der Waals surface area contributed by atoms with Crippen LogP contribution in [0.5, 0.6) is 0 Å². The molecule has 0 radical (unpaired) electrons. The standard InChI is InChI=1S/C34H48F3N9O3/c1-46(18-14-38,19-15-39)17-5-8-27(40)31(47)42-16-4-7-28(41)32(48)45-30(20-23-10-12-25(13-11-23)34(35,36)37)33(49)44-26-21-24-6-2-3-9-29(24)43-22-26/h2-3,6,9-13,21-22,27-28,30H,4-5,7-8,14-20,38-41H2,1H3,(H2-,42,44,45,47,48,49)/p+1/t27-,28-,30-/m0/s1. The summed E-state index contributed by atoms with van der Waals surface area (Å²) in [5.41, 5.74) is 24.4. The van der Waals surface area contributed by atoms with Crippen LogP contribution in [0.25, 0.3) is 10.9 Å². The van der Waals surface area contributed by atoms with E-state index < -0.39 is 41.7 Å². The molecule has 2 aromatic carbocycles. The molecule has 11 N–H and O–H groups in total. The van der Waals surface area contributed by atoms with Crippen LogP contribution in [0, 0.1) is 0 Å². The second-order valence-corrected chi connectivity index (χ2v) is 12.5. The minimum atomic E-state index is -4.51. The van der Waals surface area contributed by atoms with Crippen LogP contribution in [0.4, 0.5) is 18.9 Å². The summed E-state index contributed by atoms with van der Waals surface area (Å²) in [5.74, 6) is -1.52. The number of benzene rings is 2. The molecule has 3 atom stereocenters. The Morgan fingerprint density at radius 2 is 1.49 bits per heavy atom. The fourth-order valence-electron chi connectivity index (χ4n) is 5.50. The number of anilines is 1. The molecule has 15 heteroatoms. The normalized spacial score (nSPS) is 13.8. The zero-order valence-corrected chi connectivity index (χ0v) is 27.8. The van der Waals surface area contributed by atoms with Gasteiger partial charge in [-0.3, -0.25) is 19.4 Å². The average Bonchev–Trinajstić information content (AvgIpc) is 3.06. The minimum Gasteiger partial charge on any atom is -0.355 e. The Labute approximate surface area is 284 Å². The number of hydrogen-bond donors (Lipinski definition) is 7. The Bertz CT molecular complexity index is 1520. The van der Waals surface area contributed by atoms with Crippen molar-refractivity contribution in [2.45, 2.75) is 56.4 Å². The number of amides is 3. The molecule has 0 aliphatic heterocycles. The van der Waals surface area contributed by atoms with Crippen molar-refractivity contribution in [2.24, 2.45) is 22.9 Å². The molecule has 0 aliphatic rings. The third-order valence-corrected chi connectivity index (χ3v) is 8.43. The van der Waals surface area contributed by atoms with Crippen LogP contribution in [0.1, 0.15) is 36.8 Å². The highest BCUT2D eigenvalue weighted by Crippen LogP contribution is 2.29. The highest BCUT2D eigenvalue weighted by atomic mass is 19.4. The highest BCUT2D eigenvalue weighted by molar-refractivity contribution is 5.99. The number of likely N-dealkylation sites (N-methyl/N-ethyl adjacent to an activating group) is 1. The van der Waals surface area contributed by atoms with Crippen molar-refractivity contribution in [3.05, 3.63) is 71.9 Å². The van der Waals surface area contributed by atoms with E-state index in [0.29, 0.717) is 37.2 Å². The van der Waals surface area contributed by atoms with Crippen LogP contribution in [0.3, 0.4) is 0 Å². The predicted molar refractivity (Wildman–Crippen MR) is 184 cm³/mol. The molecule has 0 aliphatic carbocycles. The summed E-state index contributed by atoms with van der Waals surface area (Å²) in [6, 6.07) is 10.5. The summed E-state index contributed by atoms with van der Waals surface area (Å²) >= 11 is 0. The quantitative estimate of drug-likeness (QED) is 0.0727. The molecule has 49 heavy (non-hydrogen) atoms. The van der Waals surface area contributed by atoms with E-state index in [9.17, 15) is 27.6 Å². The summed E-state index contributed by atoms with van der Waals surface area (Å²) in [6.07, 6.45) is -1.34. The Morgan fingerprint density at radius 1 is 0.857 bits per heavy atom. The Hall–Kier alpha value is -4.15. The maximum atomic E-state index is 13.4. The van der Waals surface area contributed by atoms with Gasteiger partial charge in [0, 0.05) is 31.4 Å². The molecule has 0 bridgehead atoms. The van der Waals surface area contributed by atoms with Crippen LogP contribution in [-0.2, 0) is 27.0 Å². The lowest BCUT2D eigenvalue weighted by atomic mass is 10.0. The first-order chi connectivity index (χ1) is 23.2. The molecule has 1 aromatic heterocycles. The monoisotopic (exact) mass is 688 g/mol. The fraction of sp³-hybridized carbons (Fsp3) is 0.471. The molecule has 12 nitrogen and oxygen atoms in total. The Morgan fingerprint density at radius 3 is 2.14 bits per heavy atom. The maximum Gasteiger partial charge on any atom is 0.416 e. The van der Waals surface area contributed by atoms with E-state index in [-0.39, 0.29) is 25.3 Å². The number of nitrogens with one attached hydrogen (secondary N) is 3. The second-order valence-electron chi connectivity index (χ2n) is 12.5. The van der Waals surface area contributed by atoms with Gasteiger partial charge < -0.3 is 43.4 Å². The summed E-state index contributed by atoms with van der Waals surface area (Å²) < 4.78 is 40.0. The lowest BCUT2D eigenvalue weighted by Crippen LogP contribution is -2.51. The SMILES string of the molecule is C[N+](CCN)(CCN)CCC[C@H](N)C(=O)NCCC[C@H](N)C(=O)N[C@@H](Cc1ccc(C(F)(F)F)cc1)C(=O)Nc1cnc2ccccc2c1. The smallest absolute Gasteiger partial charge is 0.355 e. The van der Waals surface area contributed by atoms with Crippen molar-refractivity contribution >= 4 is 34.3 Å². The van der Waals surface area contributed by atoms with E-state index in [1.165, 1.54) is 18.3 Å². The van der Waals surface area contributed by atoms with Crippen molar-refractivity contribution in [1.82, 2.24) is 15.6 Å². The number of alkyl halides is 3. The van der Waals surface area contributed by atoms with E-state index in [1.54, 1.807) is 6.07 Å². The number of quaternary nitrogens is 1. The first kappa shape index (κ1) is 39.3. The second kappa shape index (κ2) is 18.6. The molecule has 3 aromatic rings. The van der Waals surface area contributed by atoms with Crippen LogP contribution < -0.4 is 38.9 Å². The van der Waals surface area contributed by atoms with Crippen LogP contribution >= 0.6 is 0 Å². The number of fused-ring (bicyclic) bond motifs is 1. The molecule has 0 fully saturated rings. The number of carbonyl (C=O) groups excluding carboxylic acids is 3. The van der Waals surface area contributed by atoms with Gasteiger partial charge in [0.05, 0.1) is 61.7 Å².